The molecule has 2 heteroatoms. The Balaban J connectivity index is 2.54. The van der Waals surface area contributed by atoms with E-state index in [4.69, 9.17) is 4.74 Å². The van der Waals surface area contributed by atoms with E-state index in [-0.39, 0.29) is 5.97 Å². The van der Waals surface area contributed by atoms with E-state index in [1.165, 1.54) is 12.5 Å². The molecule has 0 aromatic heterocycles. The molecule has 88 valence electrons. The standard InChI is InChI=1S/C15H16O2/c1-10(2)12-7-8-14-13(9-12)5-4-6-15(14)17-11(3)16/h4-10H,1-3H3. The van der Waals surface area contributed by atoms with Crippen LogP contribution in [0.3, 0.4) is 0 Å². The van der Waals surface area contributed by atoms with Crippen LogP contribution in [0.4, 0.5) is 0 Å². The van der Waals surface area contributed by atoms with E-state index in [1.807, 2.05) is 24.3 Å². The fraction of sp³-hybridized carbons (Fsp3) is 0.267. The van der Waals surface area contributed by atoms with Gasteiger partial charge in [0.15, 0.2) is 0 Å². The predicted octanol–water partition coefficient (Wildman–Crippen LogP) is 3.89. The second kappa shape index (κ2) is 4.58. The minimum absolute atomic E-state index is 0.287. The van der Waals surface area contributed by atoms with Gasteiger partial charge in [-0.1, -0.05) is 44.2 Å². The third kappa shape index (κ3) is 2.47. The summed E-state index contributed by atoms with van der Waals surface area (Å²) in [6.45, 7) is 5.75. The van der Waals surface area contributed by atoms with E-state index in [1.54, 1.807) is 0 Å². The summed E-state index contributed by atoms with van der Waals surface area (Å²) in [6.07, 6.45) is 0. The molecule has 2 aromatic rings. The fourth-order valence-electron chi connectivity index (χ4n) is 1.88. The van der Waals surface area contributed by atoms with Gasteiger partial charge in [-0.2, -0.15) is 0 Å². The quantitative estimate of drug-likeness (QED) is 0.575. The molecule has 2 aromatic carbocycles. The number of carbonyl (C=O) groups is 1. The van der Waals surface area contributed by atoms with Crippen molar-refractivity contribution in [1.29, 1.82) is 0 Å². The molecule has 0 aliphatic rings. The second-order valence-electron chi connectivity index (χ2n) is 4.49. The summed E-state index contributed by atoms with van der Waals surface area (Å²) in [7, 11) is 0. The molecule has 0 spiro atoms. The maximum Gasteiger partial charge on any atom is 0.308 e. The van der Waals surface area contributed by atoms with Gasteiger partial charge in [0.05, 0.1) is 0 Å². The van der Waals surface area contributed by atoms with Crippen LogP contribution in [0.1, 0.15) is 32.3 Å². The number of benzene rings is 2. The van der Waals surface area contributed by atoms with Crippen LogP contribution in [0.5, 0.6) is 5.75 Å². The lowest BCUT2D eigenvalue weighted by Gasteiger charge is -2.09. The highest BCUT2D eigenvalue weighted by Gasteiger charge is 2.06. The fourth-order valence-corrected chi connectivity index (χ4v) is 1.88. The lowest BCUT2D eigenvalue weighted by atomic mass is 9.99. The van der Waals surface area contributed by atoms with Gasteiger partial charge in [-0.15, -0.1) is 0 Å². The minimum atomic E-state index is -0.287. The summed E-state index contributed by atoms with van der Waals surface area (Å²) in [5.74, 6) is 0.840. The van der Waals surface area contributed by atoms with Gasteiger partial charge in [-0.25, -0.2) is 0 Å². The Kier molecular flexibility index (Phi) is 3.14. The SMILES string of the molecule is CC(=O)Oc1cccc2cc(C(C)C)ccc12. The lowest BCUT2D eigenvalue weighted by Crippen LogP contribution is -2.01. The van der Waals surface area contributed by atoms with E-state index in [2.05, 4.69) is 26.0 Å². The molecule has 0 saturated carbocycles. The van der Waals surface area contributed by atoms with Gasteiger partial charge in [-0.05, 0) is 22.9 Å². The van der Waals surface area contributed by atoms with Crippen LogP contribution in [0.15, 0.2) is 36.4 Å². The van der Waals surface area contributed by atoms with Crippen LogP contribution >= 0.6 is 0 Å². The van der Waals surface area contributed by atoms with Crippen molar-refractivity contribution in [2.24, 2.45) is 0 Å². The molecule has 0 bridgehead atoms. The smallest absolute Gasteiger partial charge is 0.308 e. The zero-order valence-electron chi connectivity index (χ0n) is 10.4. The maximum absolute atomic E-state index is 11.0. The monoisotopic (exact) mass is 228 g/mol. The first-order valence-electron chi connectivity index (χ1n) is 5.79. The van der Waals surface area contributed by atoms with Crippen LogP contribution < -0.4 is 4.74 Å². The normalized spacial score (nSPS) is 10.8. The van der Waals surface area contributed by atoms with Gasteiger partial charge in [0.25, 0.3) is 0 Å². The third-order valence-electron chi connectivity index (χ3n) is 2.78. The molecule has 0 aliphatic carbocycles. The number of ether oxygens (including phenoxy) is 1. The van der Waals surface area contributed by atoms with Crippen molar-refractivity contribution < 1.29 is 9.53 Å². The van der Waals surface area contributed by atoms with Crippen LogP contribution in [-0.2, 0) is 4.79 Å². The average Bonchev–Trinajstić information content (AvgIpc) is 2.28. The number of carbonyl (C=O) groups excluding carboxylic acids is 1. The van der Waals surface area contributed by atoms with E-state index in [9.17, 15) is 4.79 Å². The van der Waals surface area contributed by atoms with Crippen molar-refractivity contribution in [3.05, 3.63) is 42.0 Å². The molecule has 0 amide bonds. The molecular weight excluding hydrogens is 212 g/mol. The summed E-state index contributed by atoms with van der Waals surface area (Å²) < 4.78 is 5.19. The van der Waals surface area contributed by atoms with Gasteiger partial charge in [0.2, 0.25) is 0 Å². The molecular formula is C15H16O2. The minimum Gasteiger partial charge on any atom is -0.426 e. The first kappa shape index (κ1) is 11.6. The molecule has 0 saturated heterocycles. The molecule has 0 radical (unpaired) electrons. The van der Waals surface area contributed by atoms with Crippen molar-refractivity contribution in [1.82, 2.24) is 0 Å². The molecule has 0 heterocycles. The molecule has 0 N–H and O–H groups in total. The summed E-state index contributed by atoms with van der Waals surface area (Å²) in [5, 5.41) is 2.09. The van der Waals surface area contributed by atoms with Gasteiger partial charge >= 0.3 is 5.97 Å². The Morgan fingerprint density at radius 1 is 1.18 bits per heavy atom. The molecule has 2 nitrogen and oxygen atoms in total. The maximum atomic E-state index is 11.0. The van der Waals surface area contributed by atoms with E-state index < -0.39 is 0 Å². The zero-order chi connectivity index (χ0) is 12.4. The van der Waals surface area contributed by atoms with Crippen molar-refractivity contribution in [3.8, 4) is 5.75 Å². The zero-order valence-corrected chi connectivity index (χ0v) is 10.4. The number of esters is 1. The van der Waals surface area contributed by atoms with Gasteiger partial charge in [0.1, 0.15) is 5.75 Å². The van der Waals surface area contributed by atoms with E-state index >= 15 is 0 Å². The molecule has 17 heavy (non-hydrogen) atoms. The summed E-state index contributed by atoms with van der Waals surface area (Å²) >= 11 is 0. The molecule has 0 fully saturated rings. The Morgan fingerprint density at radius 3 is 2.59 bits per heavy atom. The highest BCUT2D eigenvalue weighted by atomic mass is 16.5. The van der Waals surface area contributed by atoms with Crippen LogP contribution in [0.25, 0.3) is 10.8 Å². The first-order chi connectivity index (χ1) is 8.08. The molecule has 0 aliphatic heterocycles. The molecule has 0 atom stereocenters. The second-order valence-corrected chi connectivity index (χ2v) is 4.49. The third-order valence-corrected chi connectivity index (χ3v) is 2.78. The van der Waals surface area contributed by atoms with Gasteiger partial charge < -0.3 is 4.74 Å². The summed E-state index contributed by atoms with van der Waals surface area (Å²) in [5.41, 5.74) is 1.29. The highest BCUT2D eigenvalue weighted by Crippen LogP contribution is 2.28. The van der Waals surface area contributed by atoms with Crippen molar-refractivity contribution in [3.63, 3.8) is 0 Å². The van der Waals surface area contributed by atoms with Crippen LogP contribution in [-0.4, -0.2) is 5.97 Å². The largest absolute Gasteiger partial charge is 0.426 e. The number of fused-ring (bicyclic) bond motifs is 1. The average molecular weight is 228 g/mol. The van der Waals surface area contributed by atoms with Gasteiger partial charge in [-0.3, -0.25) is 4.79 Å². The predicted molar refractivity (Wildman–Crippen MR) is 69.3 cm³/mol. The first-order valence-corrected chi connectivity index (χ1v) is 5.79. The molecule has 0 unspecified atom stereocenters. The number of hydrogen-bond acceptors (Lipinski definition) is 2. The van der Waals surface area contributed by atoms with E-state index in [0.29, 0.717) is 11.7 Å². The Bertz CT molecular complexity index is 556. The lowest BCUT2D eigenvalue weighted by molar-refractivity contribution is -0.131. The number of rotatable bonds is 2. The Labute approximate surface area is 101 Å². The summed E-state index contributed by atoms with van der Waals surface area (Å²) in [4.78, 5) is 11.0. The molecule has 2 rings (SSSR count). The van der Waals surface area contributed by atoms with Crippen molar-refractivity contribution >= 4 is 16.7 Å². The highest BCUT2D eigenvalue weighted by molar-refractivity contribution is 5.90. The summed E-state index contributed by atoms with van der Waals surface area (Å²) in [6, 6.07) is 12.0. The van der Waals surface area contributed by atoms with Crippen molar-refractivity contribution in [2.45, 2.75) is 26.7 Å². The van der Waals surface area contributed by atoms with Crippen LogP contribution in [0, 0.1) is 0 Å². The topological polar surface area (TPSA) is 26.3 Å². The number of hydrogen-bond donors (Lipinski definition) is 0. The van der Waals surface area contributed by atoms with Crippen LogP contribution in [0.2, 0.25) is 0 Å². The van der Waals surface area contributed by atoms with E-state index in [0.717, 1.165) is 10.8 Å². The van der Waals surface area contributed by atoms with Gasteiger partial charge in [0, 0.05) is 12.3 Å². The Morgan fingerprint density at radius 2 is 1.94 bits per heavy atom. The van der Waals surface area contributed by atoms with Crippen molar-refractivity contribution in [2.75, 3.05) is 0 Å². The Hall–Kier alpha value is -1.83.